The van der Waals surface area contributed by atoms with Crippen LogP contribution >= 0.6 is 11.8 Å². The largest absolute Gasteiger partial charge is 0.478 e. The molecule has 1 N–H and O–H groups in total. The average Bonchev–Trinajstić information content (AvgIpc) is 2.46. The Labute approximate surface area is 124 Å². The van der Waals surface area contributed by atoms with E-state index in [1.165, 1.54) is 42.1 Å². The molecule has 0 heterocycles. The van der Waals surface area contributed by atoms with Crippen molar-refractivity contribution in [3.63, 3.8) is 0 Å². The van der Waals surface area contributed by atoms with Crippen molar-refractivity contribution in [2.45, 2.75) is 4.90 Å². The van der Waals surface area contributed by atoms with Crippen LogP contribution in [-0.4, -0.2) is 22.3 Å². The zero-order chi connectivity index (χ0) is 15.4. The summed E-state index contributed by atoms with van der Waals surface area (Å²) in [6, 6.07) is 10.5. The molecule has 0 amide bonds. The van der Waals surface area contributed by atoms with Gasteiger partial charge in [-0.25, -0.2) is 4.79 Å². The molecule has 6 nitrogen and oxygen atoms in total. The lowest BCUT2D eigenvalue weighted by atomic mass is 10.2. The fourth-order valence-electron chi connectivity index (χ4n) is 1.76. The lowest BCUT2D eigenvalue weighted by Gasteiger charge is -2.11. The van der Waals surface area contributed by atoms with E-state index in [1.54, 1.807) is 18.4 Å². The quantitative estimate of drug-likeness (QED) is 0.513. The number of nitrogens with zero attached hydrogens (tertiary/aromatic N) is 1. The van der Waals surface area contributed by atoms with E-state index in [4.69, 9.17) is 4.74 Å². The van der Waals surface area contributed by atoms with E-state index in [1.807, 2.05) is 0 Å². The van der Waals surface area contributed by atoms with Crippen molar-refractivity contribution in [3.05, 3.63) is 58.1 Å². The van der Waals surface area contributed by atoms with Crippen LogP contribution < -0.4 is 4.74 Å². The summed E-state index contributed by atoms with van der Waals surface area (Å²) in [4.78, 5) is 22.1. The number of nitro benzene ring substituents is 1. The number of hydrogen-bond donors (Lipinski definition) is 1. The predicted octanol–water partition coefficient (Wildman–Crippen LogP) is 3.81. The Morgan fingerprint density at radius 3 is 2.62 bits per heavy atom. The lowest BCUT2D eigenvalue weighted by Crippen LogP contribution is -2.02. The molecule has 0 atom stereocenters. The summed E-state index contributed by atoms with van der Waals surface area (Å²) in [6.45, 7) is 0. The van der Waals surface area contributed by atoms with Crippen LogP contribution in [0.15, 0.2) is 47.4 Å². The van der Waals surface area contributed by atoms with Crippen molar-refractivity contribution in [1.82, 2.24) is 0 Å². The Morgan fingerprint density at radius 1 is 1.29 bits per heavy atom. The number of aromatic carboxylic acids is 1. The Balaban J connectivity index is 2.42. The molecule has 2 aromatic carbocycles. The smallest absolute Gasteiger partial charge is 0.340 e. The molecule has 0 fully saturated rings. The SMILES string of the molecule is CSc1cccc(Oc2cccc([N+](=O)[O-])c2)c1C(=O)O. The molecule has 0 saturated heterocycles. The van der Waals surface area contributed by atoms with Crippen LogP contribution in [0, 0.1) is 10.1 Å². The first kappa shape index (κ1) is 14.9. The van der Waals surface area contributed by atoms with E-state index >= 15 is 0 Å². The molecule has 0 aromatic heterocycles. The van der Waals surface area contributed by atoms with Crippen molar-refractivity contribution in [2.75, 3.05) is 6.26 Å². The molecule has 2 rings (SSSR count). The second-order valence-electron chi connectivity index (χ2n) is 4.00. The zero-order valence-electron chi connectivity index (χ0n) is 11.0. The summed E-state index contributed by atoms with van der Waals surface area (Å²) in [5.74, 6) is -0.750. The summed E-state index contributed by atoms with van der Waals surface area (Å²) in [6.07, 6.45) is 1.76. The van der Waals surface area contributed by atoms with Crippen molar-refractivity contribution >= 4 is 23.4 Å². The van der Waals surface area contributed by atoms with Crippen LogP contribution in [0.4, 0.5) is 5.69 Å². The molecule has 2 aromatic rings. The zero-order valence-corrected chi connectivity index (χ0v) is 11.8. The monoisotopic (exact) mass is 305 g/mol. The third kappa shape index (κ3) is 3.32. The van der Waals surface area contributed by atoms with Gasteiger partial charge in [-0.1, -0.05) is 12.1 Å². The van der Waals surface area contributed by atoms with Crippen LogP contribution in [0.1, 0.15) is 10.4 Å². The summed E-state index contributed by atoms with van der Waals surface area (Å²) in [7, 11) is 0. The van der Waals surface area contributed by atoms with Gasteiger partial charge in [0.05, 0.1) is 11.0 Å². The number of carbonyl (C=O) groups is 1. The number of carboxylic acid groups (broad SMARTS) is 1. The van der Waals surface area contributed by atoms with Gasteiger partial charge in [0.25, 0.3) is 5.69 Å². The minimum atomic E-state index is -1.11. The third-order valence-electron chi connectivity index (χ3n) is 2.68. The van der Waals surface area contributed by atoms with E-state index in [0.29, 0.717) is 4.90 Å². The molecular formula is C14H11NO5S. The highest BCUT2D eigenvalue weighted by Gasteiger charge is 2.17. The minimum absolute atomic E-state index is 0.0384. The van der Waals surface area contributed by atoms with Crippen LogP contribution in [-0.2, 0) is 0 Å². The standard InChI is InChI=1S/C14H11NO5S/c1-21-12-7-3-6-11(13(12)14(16)17)20-10-5-2-4-9(8-10)15(18)19/h2-8H,1H3,(H,16,17). The number of benzene rings is 2. The van der Waals surface area contributed by atoms with Crippen molar-refractivity contribution in [3.8, 4) is 11.5 Å². The Morgan fingerprint density at radius 2 is 2.00 bits per heavy atom. The molecule has 0 spiro atoms. The second kappa shape index (κ2) is 6.27. The molecular weight excluding hydrogens is 294 g/mol. The van der Waals surface area contributed by atoms with Gasteiger partial charge in [0.15, 0.2) is 0 Å². The summed E-state index contributed by atoms with van der Waals surface area (Å²) in [5, 5.41) is 20.0. The Bertz CT molecular complexity index is 702. The maximum Gasteiger partial charge on any atom is 0.340 e. The molecule has 7 heteroatoms. The normalized spacial score (nSPS) is 10.1. The molecule has 0 saturated carbocycles. The van der Waals surface area contributed by atoms with Gasteiger partial charge in [-0.3, -0.25) is 10.1 Å². The molecule has 0 unspecified atom stereocenters. The van der Waals surface area contributed by atoms with Gasteiger partial charge in [0, 0.05) is 11.0 Å². The van der Waals surface area contributed by atoms with Crippen molar-refractivity contribution in [2.24, 2.45) is 0 Å². The van der Waals surface area contributed by atoms with Crippen LogP contribution in [0.25, 0.3) is 0 Å². The highest BCUT2D eigenvalue weighted by Crippen LogP contribution is 2.33. The number of carboxylic acids is 1. The number of ether oxygens (including phenoxy) is 1. The molecule has 21 heavy (non-hydrogen) atoms. The van der Waals surface area contributed by atoms with E-state index in [0.717, 1.165) is 0 Å². The van der Waals surface area contributed by atoms with Crippen molar-refractivity contribution < 1.29 is 19.6 Å². The van der Waals surface area contributed by atoms with E-state index < -0.39 is 10.9 Å². The highest BCUT2D eigenvalue weighted by molar-refractivity contribution is 7.98. The van der Waals surface area contributed by atoms with Gasteiger partial charge < -0.3 is 9.84 Å². The highest BCUT2D eigenvalue weighted by atomic mass is 32.2. The van der Waals surface area contributed by atoms with Gasteiger partial charge in [0.1, 0.15) is 17.1 Å². The average molecular weight is 305 g/mol. The van der Waals surface area contributed by atoms with E-state index in [9.17, 15) is 20.0 Å². The molecule has 0 bridgehead atoms. The summed E-state index contributed by atoms with van der Waals surface area (Å²) >= 11 is 1.29. The van der Waals surface area contributed by atoms with Crippen LogP contribution in [0.2, 0.25) is 0 Å². The number of nitro groups is 1. The van der Waals surface area contributed by atoms with Gasteiger partial charge in [-0.2, -0.15) is 0 Å². The van der Waals surface area contributed by atoms with Gasteiger partial charge in [-0.05, 0) is 24.5 Å². The fraction of sp³-hybridized carbons (Fsp3) is 0.0714. The Kier molecular flexibility index (Phi) is 4.44. The first-order chi connectivity index (χ1) is 10.0. The number of thioether (sulfide) groups is 1. The number of hydrogen-bond acceptors (Lipinski definition) is 5. The Hall–Kier alpha value is -2.54. The van der Waals surface area contributed by atoms with Crippen molar-refractivity contribution in [1.29, 1.82) is 0 Å². The maximum atomic E-state index is 11.4. The predicted molar refractivity (Wildman–Crippen MR) is 78.4 cm³/mol. The molecule has 0 aliphatic carbocycles. The maximum absolute atomic E-state index is 11.4. The van der Waals surface area contributed by atoms with Gasteiger partial charge >= 0.3 is 5.97 Å². The third-order valence-corrected chi connectivity index (χ3v) is 3.46. The van der Waals surface area contributed by atoms with E-state index in [-0.39, 0.29) is 22.7 Å². The number of non-ortho nitro benzene ring substituents is 1. The molecule has 108 valence electrons. The molecule has 0 aliphatic heterocycles. The first-order valence-corrected chi connectivity index (χ1v) is 7.08. The summed E-state index contributed by atoms with van der Waals surface area (Å²) in [5.41, 5.74) is -0.0816. The van der Waals surface area contributed by atoms with Crippen LogP contribution in [0.3, 0.4) is 0 Å². The second-order valence-corrected chi connectivity index (χ2v) is 4.84. The van der Waals surface area contributed by atoms with Gasteiger partial charge in [-0.15, -0.1) is 11.8 Å². The first-order valence-electron chi connectivity index (χ1n) is 5.85. The topological polar surface area (TPSA) is 89.7 Å². The van der Waals surface area contributed by atoms with Crippen LogP contribution in [0.5, 0.6) is 11.5 Å². The van der Waals surface area contributed by atoms with Gasteiger partial charge in [0.2, 0.25) is 0 Å². The molecule has 0 aliphatic rings. The summed E-state index contributed by atoms with van der Waals surface area (Å²) < 4.78 is 5.51. The van der Waals surface area contributed by atoms with E-state index in [2.05, 4.69) is 0 Å². The molecule has 0 radical (unpaired) electrons. The number of rotatable bonds is 5. The fourth-order valence-corrected chi connectivity index (χ4v) is 2.37. The minimum Gasteiger partial charge on any atom is -0.478 e. The lowest BCUT2D eigenvalue weighted by molar-refractivity contribution is -0.384.